The molecule has 0 amide bonds. The maximum atomic E-state index is 13.3. The Hall–Kier alpha value is -3.43. The Bertz CT molecular complexity index is 1630. The minimum absolute atomic E-state index is 0.0789. The number of nitrogens with zero attached hydrogens (tertiary/aromatic N) is 2. The molecular formula is C34H43N3O9Si. The predicted octanol–water partition coefficient (Wildman–Crippen LogP) is 2.43. The van der Waals surface area contributed by atoms with E-state index in [4.69, 9.17) is 28.2 Å². The molecule has 0 saturated carbocycles. The molecule has 6 rings (SSSR count). The molecule has 4 heterocycles. The topological polar surface area (TPSA) is 131 Å². The van der Waals surface area contributed by atoms with Crippen LogP contribution in [0.1, 0.15) is 54.2 Å². The van der Waals surface area contributed by atoms with Gasteiger partial charge in [0.2, 0.25) is 0 Å². The number of rotatable bonds is 9. The van der Waals surface area contributed by atoms with Crippen molar-refractivity contribution >= 4 is 24.7 Å². The Kier molecular flexibility index (Phi) is 9.17. The first-order valence-electron chi connectivity index (χ1n) is 16.0. The zero-order valence-corrected chi connectivity index (χ0v) is 28.6. The van der Waals surface area contributed by atoms with Crippen molar-refractivity contribution in [2.45, 2.75) is 95.6 Å². The molecule has 0 unspecified atom stereocenters. The molecule has 1 aromatic heterocycles. The monoisotopic (exact) mass is 665 g/mol. The molecule has 12 nitrogen and oxygen atoms in total. The van der Waals surface area contributed by atoms with Crippen LogP contribution in [0.4, 0.5) is 0 Å². The number of ether oxygens (including phenoxy) is 4. The highest BCUT2D eigenvalue weighted by Crippen LogP contribution is 2.44. The molecule has 2 aromatic carbocycles. The second kappa shape index (κ2) is 12.9. The van der Waals surface area contributed by atoms with Crippen LogP contribution < -0.4 is 21.6 Å². The Morgan fingerprint density at radius 3 is 2.17 bits per heavy atom. The van der Waals surface area contributed by atoms with E-state index in [9.17, 15) is 14.4 Å². The zero-order valence-electron chi connectivity index (χ0n) is 27.6. The number of aromatic nitrogens is 2. The first-order valence-corrected chi connectivity index (χ1v) is 17.9. The molecule has 3 fully saturated rings. The summed E-state index contributed by atoms with van der Waals surface area (Å²) >= 11 is 0. The average Bonchev–Trinajstić information content (AvgIpc) is 3.69. The smallest absolute Gasteiger partial charge is 0.330 e. The lowest BCUT2D eigenvalue weighted by molar-refractivity contribution is -0.293. The molecule has 0 spiro atoms. The van der Waals surface area contributed by atoms with Gasteiger partial charge in [0.15, 0.2) is 18.2 Å². The highest BCUT2D eigenvalue weighted by molar-refractivity contribution is 6.99. The summed E-state index contributed by atoms with van der Waals surface area (Å²) in [7, 11) is -2.92. The normalized spacial score (nSPS) is 27.5. The molecule has 252 valence electrons. The highest BCUT2D eigenvalue weighted by atomic mass is 28.4. The first-order chi connectivity index (χ1) is 22.3. The number of hydrogen-bond acceptors (Lipinski definition) is 10. The van der Waals surface area contributed by atoms with Gasteiger partial charge in [-0.25, -0.2) is 4.79 Å². The molecule has 0 radical (unpaired) electrons. The van der Waals surface area contributed by atoms with Gasteiger partial charge in [-0.3, -0.25) is 24.0 Å². The van der Waals surface area contributed by atoms with Crippen LogP contribution in [0.25, 0.3) is 0 Å². The van der Waals surface area contributed by atoms with Gasteiger partial charge in [-0.05, 0) is 36.2 Å². The largest absolute Gasteiger partial charge is 0.465 e. The summed E-state index contributed by atoms with van der Waals surface area (Å²) in [6.45, 7) is 12.4. The van der Waals surface area contributed by atoms with Crippen molar-refractivity contribution in [3.05, 3.63) is 93.8 Å². The summed E-state index contributed by atoms with van der Waals surface area (Å²) in [4.78, 5) is 46.2. The summed E-state index contributed by atoms with van der Waals surface area (Å²) in [6, 6.07) is 21.0. The van der Waals surface area contributed by atoms with Gasteiger partial charge in [0.1, 0.15) is 24.4 Å². The van der Waals surface area contributed by atoms with Gasteiger partial charge in [0.05, 0.1) is 13.2 Å². The fourth-order valence-corrected chi connectivity index (χ4v) is 11.6. The van der Waals surface area contributed by atoms with Crippen LogP contribution in [0.15, 0.2) is 82.5 Å². The highest BCUT2D eigenvalue weighted by Gasteiger charge is 2.61. The molecule has 3 aliphatic heterocycles. The molecule has 3 aromatic rings. The second-order valence-corrected chi connectivity index (χ2v) is 17.9. The van der Waals surface area contributed by atoms with E-state index in [1.54, 1.807) is 6.92 Å². The van der Waals surface area contributed by atoms with Gasteiger partial charge in [-0.2, -0.15) is 0 Å². The van der Waals surface area contributed by atoms with Crippen molar-refractivity contribution in [3.63, 3.8) is 0 Å². The fraction of sp³-hybridized carbons (Fsp3) is 0.500. The molecule has 3 saturated heterocycles. The van der Waals surface area contributed by atoms with Gasteiger partial charge in [0.25, 0.3) is 13.9 Å². The summed E-state index contributed by atoms with van der Waals surface area (Å²) in [5.41, 5.74) is -1.19. The molecule has 6 atom stereocenters. The summed E-state index contributed by atoms with van der Waals surface area (Å²) in [5, 5.41) is 3.43. The minimum Gasteiger partial charge on any atom is -0.465 e. The molecule has 1 N–H and O–H groups in total. The number of carbonyl (C=O) groups is 1. The number of carbonyl (C=O) groups excluding carboxylic acids is 1. The number of H-pyrrole nitrogens is 1. The lowest BCUT2D eigenvalue weighted by atomic mass is 10.1. The maximum Gasteiger partial charge on any atom is 0.330 e. The predicted molar refractivity (Wildman–Crippen MR) is 174 cm³/mol. The SMILES string of the molecule is CCOC(=O)[C@H]1C[C@@H](n2ccc(=O)[nH]c2=O)ON1[C@@H]1O[C@H](CO[Si](c2ccccc2)(c2ccccc2)C(C)(C)C)[C@H]2OC(C)(C)O[C@H]21. The van der Waals surface area contributed by atoms with E-state index in [0.29, 0.717) is 0 Å². The van der Waals surface area contributed by atoms with Crippen LogP contribution in [-0.2, 0) is 33.0 Å². The maximum absolute atomic E-state index is 13.3. The molecule has 0 aliphatic carbocycles. The fourth-order valence-electron chi connectivity index (χ4n) is 7.01. The van der Waals surface area contributed by atoms with Gasteiger partial charge >= 0.3 is 11.7 Å². The average molecular weight is 666 g/mol. The van der Waals surface area contributed by atoms with Crippen molar-refractivity contribution in [1.29, 1.82) is 0 Å². The van der Waals surface area contributed by atoms with Crippen LogP contribution in [0.5, 0.6) is 0 Å². The van der Waals surface area contributed by atoms with Crippen LogP contribution in [0, 0.1) is 0 Å². The third-order valence-corrected chi connectivity index (χ3v) is 14.0. The lowest BCUT2D eigenvalue weighted by Gasteiger charge is -2.43. The first kappa shape index (κ1) is 33.5. The number of nitrogens with one attached hydrogen (secondary N) is 1. The van der Waals surface area contributed by atoms with Gasteiger partial charge < -0.3 is 23.4 Å². The minimum atomic E-state index is -2.92. The van der Waals surface area contributed by atoms with Crippen molar-refractivity contribution < 1.29 is 33.0 Å². The Morgan fingerprint density at radius 1 is 0.979 bits per heavy atom. The van der Waals surface area contributed by atoms with Crippen LogP contribution in [0.3, 0.4) is 0 Å². The van der Waals surface area contributed by atoms with Gasteiger partial charge in [-0.15, -0.1) is 5.06 Å². The Morgan fingerprint density at radius 2 is 1.60 bits per heavy atom. The molecule has 47 heavy (non-hydrogen) atoms. The van der Waals surface area contributed by atoms with E-state index in [1.807, 2.05) is 50.2 Å². The zero-order chi connectivity index (χ0) is 33.6. The molecule has 13 heteroatoms. The number of hydrogen-bond donors (Lipinski definition) is 1. The third kappa shape index (κ3) is 6.29. The summed E-state index contributed by atoms with van der Waals surface area (Å²) < 4.78 is 33.3. The van der Waals surface area contributed by atoms with E-state index >= 15 is 0 Å². The van der Waals surface area contributed by atoms with Crippen LogP contribution in [0.2, 0.25) is 5.04 Å². The van der Waals surface area contributed by atoms with Crippen LogP contribution >= 0.6 is 0 Å². The van der Waals surface area contributed by atoms with Crippen molar-refractivity contribution in [2.75, 3.05) is 13.2 Å². The molecule has 0 bridgehead atoms. The number of benzene rings is 2. The number of fused-ring (bicyclic) bond motifs is 1. The number of aromatic amines is 1. The Labute approximate surface area is 274 Å². The standard InChI is InChI=1S/C34H43N3O9Si/c1-7-41-31(39)24-20-27(36-19-18-26(38)35-32(36)40)46-37(24)30-29-28(44-34(5,6)45-29)25(43-30)21-42-47(33(2,3)4,22-14-10-8-11-15-22)23-16-12-9-13-17-23/h8-19,24-25,27-30H,7,20-21H2,1-6H3,(H,35,38,40)/t24-,25-,27+,28-,29-,30-/m1/s1. The quantitative estimate of drug-likeness (QED) is 0.269. The van der Waals surface area contributed by atoms with E-state index in [-0.39, 0.29) is 24.7 Å². The third-order valence-electron chi connectivity index (χ3n) is 8.95. The second-order valence-electron chi connectivity index (χ2n) is 13.5. The van der Waals surface area contributed by atoms with Crippen molar-refractivity contribution in [3.8, 4) is 0 Å². The number of esters is 1. The summed E-state index contributed by atoms with van der Waals surface area (Å²) in [5.74, 6) is -1.47. The number of hydroxylamine groups is 2. The lowest BCUT2D eigenvalue weighted by Crippen LogP contribution is -2.67. The molecular weight excluding hydrogens is 622 g/mol. The van der Waals surface area contributed by atoms with Crippen molar-refractivity contribution in [2.24, 2.45) is 0 Å². The van der Waals surface area contributed by atoms with E-state index in [0.717, 1.165) is 10.4 Å². The van der Waals surface area contributed by atoms with Gasteiger partial charge in [0, 0.05) is 18.7 Å². The van der Waals surface area contributed by atoms with E-state index in [1.165, 1.54) is 21.9 Å². The molecule has 3 aliphatic rings. The van der Waals surface area contributed by atoms with E-state index in [2.05, 4.69) is 50.0 Å². The Balaban J connectivity index is 1.34. The van der Waals surface area contributed by atoms with Gasteiger partial charge in [-0.1, -0.05) is 81.4 Å². The van der Waals surface area contributed by atoms with Crippen LogP contribution in [-0.4, -0.2) is 78.5 Å². The summed E-state index contributed by atoms with van der Waals surface area (Å²) in [6.07, 6.45) is -2.17. The van der Waals surface area contributed by atoms with Crippen molar-refractivity contribution in [1.82, 2.24) is 14.6 Å². The van der Waals surface area contributed by atoms with E-state index < -0.39 is 68.1 Å².